The second kappa shape index (κ2) is 5.30. The molecule has 5 nitrogen and oxygen atoms in total. The molecule has 0 spiro atoms. The molecule has 0 aliphatic carbocycles. The molecular weight excluding hydrogens is 246 g/mol. The van der Waals surface area contributed by atoms with Crippen molar-refractivity contribution in [1.29, 1.82) is 0 Å². The van der Waals surface area contributed by atoms with E-state index in [1.165, 1.54) is 13.0 Å². The Kier molecular flexibility index (Phi) is 3.56. The van der Waals surface area contributed by atoms with Gasteiger partial charge >= 0.3 is 5.97 Å². The summed E-state index contributed by atoms with van der Waals surface area (Å²) in [6.45, 7) is 1.29. The first kappa shape index (κ1) is 12.8. The monoisotopic (exact) mass is 257 g/mol. The number of nitro groups is 1. The summed E-state index contributed by atoms with van der Waals surface area (Å²) in [7, 11) is 0. The average Bonchev–Trinajstić information content (AvgIpc) is 2.36. The van der Waals surface area contributed by atoms with Crippen LogP contribution in [0.15, 0.2) is 42.6 Å². The third-order valence-corrected chi connectivity index (χ3v) is 2.55. The lowest BCUT2D eigenvalue weighted by atomic mass is 10.0. The van der Waals surface area contributed by atoms with Crippen LogP contribution in [-0.2, 0) is 4.79 Å². The Hall–Kier alpha value is -2.69. The van der Waals surface area contributed by atoms with Crippen LogP contribution in [0.1, 0.15) is 12.5 Å². The second-order valence-electron chi connectivity index (χ2n) is 3.89. The van der Waals surface area contributed by atoms with Crippen LogP contribution >= 0.6 is 0 Å². The Morgan fingerprint density at radius 3 is 2.68 bits per heavy atom. The molecule has 0 aromatic heterocycles. The van der Waals surface area contributed by atoms with E-state index < -0.39 is 10.9 Å². The fourth-order valence-electron chi connectivity index (χ4n) is 1.83. The normalized spacial score (nSPS) is 10.8. The van der Waals surface area contributed by atoms with Gasteiger partial charge in [0.25, 0.3) is 0 Å². The average molecular weight is 257 g/mol. The number of nitrogens with zero attached hydrogens (tertiary/aromatic N) is 1. The SMILES string of the molecule is CC(=O)Oc1ccc2ccccc2c1/C=C/[N+](=O)[O-]. The fourth-order valence-corrected chi connectivity index (χ4v) is 1.83. The number of rotatable bonds is 3. The van der Waals surface area contributed by atoms with E-state index in [0.717, 1.165) is 17.0 Å². The number of hydrogen-bond acceptors (Lipinski definition) is 4. The molecule has 0 bridgehead atoms. The number of benzene rings is 2. The van der Waals surface area contributed by atoms with Gasteiger partial charge in [0, 0.05) is 18.6 Å². The van der Waals surface area contributed by atoms with Crippen LogP contribution in [0.3, 0.4) is 0 Å². The second-order valence-corrected chi connectivity index (χ2v) is 3.89. The van der Waals surface area contributed by atoms with E-state index in [9.17, 15) is 14.9 Å². The van der Waals surface area contributed by atoms with Crippen molar-refractivity contribution < 1.29 is 14.5 Å². The van der Waals surface area contributed by atoms with Crippen molar-refractivity contribution in [3.63, 3.8) is 0 Å². The fraction of sp³-hybridized carbons (Fsp3) is 0.0714. The van der Waals surface area contributed by atoms with Gasteiger partial charge in [-0.15, -0.1) is 0 Å². The largest absolute Gasteiger partial charge is 0.426 e. The van der Waals surface area contributed by atoms with Crippen LogP contribution < -0.4 is 4.74 Å². The highest BCUT2D eigenvalue weighted by atomic mass is 16.6. The van der Waals surface area contributed by atoms with Gasteiger partial charge in [-0.1, -0.05) is 30.3 Å². The lowest BCUT2D eigenvalue weighted by Crippen LogP contribution is -2.03. The Morgan fingerprint density at radius 1 is 1.26 bits per heavy atom. The van der Waals surface area contributed by atoms with E-state index >= 15 is 0 Å². The van der Waals surface area contributed by atoms with Gasteiger partial charge < -0.3 is 4.74 Å². The zero-order chi connectivity index (χ0) is 13.8. The molecule has 2 rings (SSSR count). The maximum atomic E-state index is 11.1. The molecule has 0 amide bonds. The summed E-state index contributed by atoms with van der Waals surface area (Å²) >= 11 is 0. The van der Waals surface area contributed by atoms with Crippen LogP contribution in [0.5, 0.6) is 5.75 Å². The predicted molar refractivity (Wildman–Crippen MR) is 71.3 cm³/mol. The van der Waals surface area contributed by atoms with Crippen molar-refractivity contribution in [2.45, 2.75) is 6.92 Å². The predicted octanol–water partition coefficient (Wildman–Crippen LogP) is 3.01. The summed E-state index contributed by atoms with van der Waals surface area (Å²) in [5.74, 6) is -0.157. The van der Waals surface area contributed by atoms with Gasteiger partial charge in [0.05, 0.1) is 4.92 Å². The standard InChI is InChI=1S/C14H11NO4/c1-10(16)19-14-7-6-11-4-2-3-5-12(11)13(14)8-9-15(17)18/h2-9H,1H3/b9-8+. The lowest BCUT2D eigenvalue weighted by Gasteiger charge is -2.08. The maximum absolute atomic E-state index is 11.1. The lowest BCUT2D eigenvalue weighted by molar-refractivity contribution is -0.400. The first-order chi connectivity index (χ1) is 9.08. The molecule has 0 unspecified atom stereocenters. The molecule has 0 aliphatic rings. The molecule has 19 heavy (non-hydrogen) atoms. The van der Waals surface area contributed by atoms with Gasteiger partial charge in [-0.05, 0) is 16.8 Å². The number of hydrogen-bond donors (Lipinski definition) is 0. The highest BCUT2D eigenvalue weighted by Crippen LogP contribution is 2.29. The molecule has 0 radical (unpaired) electrons. The minimum atomic E-state index is -0.556. The zero-order valence-corrected chi connectivity index (χ0v) is 10.2. The number of ether oxygens (including phenoxy) is 1. The molecule has 2 aromatic carbocycles. The van der Waals surface area contributed by atoms with Crippen molar-refractivity contribution >= 4 is 22.8 Å². The minimum Gasteiger partial charge on any atom is -0.426 e. The quantitative estimate of drug-likeness (QED) is 0.367. The Labute approximate surface area is 109 Å². The van der Waals surface area contributed by atoms with Crippen molar-refractivity contribution in [3.8, 4) is 5.75 Å². The van der Waals surface area contributed by atoms with Crippen LogP contribution in [-0.4, -0.2) is 10.9 Å². The Bertz CT molecular complexity index is 676. The van der Waals surface area contributed by atoms with E-state index in [1.807, 2.05) is 24.3 Å². The van der Waals surface area contributed by atoms with Crippen LogP contribution in [0.4, 0.5) is 0 Å². The Balaban J connectivity index is 2.64. The van der Waals surface area contributed by atoms with Gasteiger partial charge in [-0.3, -0.25) is 14.9 Å². The van der Waals surface area contributed by atoms with Crippen molar-refractivity contribution in [1.82, 2.24) is 0 Å². The summed E-state index contributed by atoms with van der Waals surface area (Å²) in [4.78, 5) is 21.0. The van der Waals surface area contributed by atoms with Crippen molar-refractivity contribution in [2.24, 2.45) is 0 Å². The number of carbonyl (C=O) groups excluding carboxylic acids is 1. The summed E-state index contributed by atoms with van der Waals surface area (Å²) in [6.07, 6.45) is 2.16. The summed E-state index contributed by atoms with van der Waals surface area (Å²) in [5, 5.41) is 12.2. The molecule has 0 heterocycles. The van der Waals surface area contributed by atoms with Crippen LogP contribution in [0.2, 0.25) is 0 Å². The molecule has 5 heteroatoms. The molecule has 0 fully saturated rings. The summed E-state index contributed by atoms with van der Waals surface area (Å²) in [5.41, 5.74) is 0.519. The minimum absolute atomic E-state index is 0.310. The van der Waals surface area contributed by atoms with E-state index in [-0.39, 0.29) is 0 Å². The molecular formula is C14H11NO4. The third kappa shape index (κ3) is 2.95. The Morgan fingerprint density at radius 2 is 2.00 bits per heavy atom. The topological polar surface area (TPSA) is 69.4 Å². The smallest absolute Gasteiger partial charge is 0.308 e. The molecule has 96 valence electrons. The molecule has 0 atom stereocenters. The molecule has 0 N–H and O–H groups in total. The molecule has 0 saturated carbocycles. The first-order valence-electron chi connectivity index (χ1n) is 5.60. The van der Waals surface area contributed by atoms with Crippen LogP contribution in [0, 0.1) is 10.1 Å². The van der Waals surface area contributed by atoms with Gasteiger partial charge in [0.2, 0.25) is 6.20 Å². The summed E-state index contributed by atoms with van der Waals surface area (Å²) in [6, 6.07) is 10.8. The third-order valence-electron chi connectivity index (χ3n) is 2.55. The molecule has 2 aromatic rings. The number of carbonyl (C=O) groups is 1. The zero-order valence-electron chi connectivity index (χ0n) is 10.2. The molecule has 0 aliphatic heterocycles. The highest BCUT2D eigenvalue weighted by Gasteiger charge is 2.09. The highest BCUT2D eigenvalue weighted by molar-refractivity contribution is 5.93. The number of esters is 1. The van der Waals surface area contributed by atoms with E-state index in [1.54, 1.807) is 12.1 Å². The maximum Gasteiger partial charge on any atom is 0.308 e. The number of fused-ring (bicyclic) bond motifs is 1. The van der Waals surface area contributed by atoms with Gasteiger partial charge in [-0.25, -0.2) is 0 Å². The van der Waals surface area contributed by atoms with Gasteiger partial charge in [0.1, 0.15) is 5.75 Å². The first-order valence-corrected chi connectivity index (χ1v) is 5.60. The van der Waals surface area contributed by atoms with Crippen LogP contribution in [0.25, 0.3) is 16.8 Å². The van der Waals surface area contributed by atoms with Gasteiger partial charge in [0.15, 0.2) is 0 Å². The molecule has 0 saturated heterocycles. The van der Waals surface area contributed by atoms with Gasteiger partial charge in [-0.2, -0.15) is 0 Å². The van der Waals surface area contributed by atoms with E-state index in [2.05, 4.69) is 0 Å². The summed E-state index contributed by atoms with van der Waals surface area (Å²) < 4.78 is 5.07. The van der Waals surface area contributed by atoms with Crippen molar-refractivity contribution in [2.75, 3.05) is 0 Å². The van der Waals surface area contributed by atoms with Crippen molar-refractivity contribution in [3.05, 3.63) is 58.3 Å². The van der Waals surface area contributed by atoms with E-state index in [4.69, 9.17) is 4.74 Å². The van der Waals surface area contributed by atoms with E-state index in [0.29, 0.717) is 11.3 Å².